The molecule has 0 saturated carbocycles. The molecule has 1 aromatic heterocycles. The molecule has 1 aromatic rings. The molecule has 0 aliphatic rings. The number of nitrogens with one attached hydrogen (secondary N) is 1. The normalized spacial score (nSPS) is 10.2. The predicted octanol–water partition coefficient (Wildman–Crippen LogP) is 1.78. The Balaban J connectivity index is 2.79. The number of hydrogen-bond donors (Lipinski definition) is 2. The van der Waals surface area contributed by atoms with Crippen LogP contribution in [0.4, 0.5) is 5.69 Å². The van der Waals surface area contributed by atoms with Crippen molar-refractivity contribution in [3.8, 4) is 0 Å². The van der Waals surface area contributed by atoms with E-state index in [1.165, 1.54) is 0 Å². The number of thiocarbonyl (C=S) groups is 1. The van der Waals surface area contributed by atoms with Gasteiger partial charge in [0.05, 0.1) is 5.56 Å². The van der Waals surface area contributed by atoms with Crippen molar-refractivity contribution in [2.45, 2.75) is 13.8 Å². The molecule has 0 radical (unpaired) electrons. The van der Waals surface area contributed by atoms with Gasteiger partial charge in [-0.25, -0.2) is 0 Å². The summed E-state index contributed by atoms with van der Waals surface area (Å²) in [6.07, 6.45) is 3.41. The third kappa shape index (κ3) is 2.96. The van der Waals surface area contributed by atoms with Crippen molar-refractivity contribution < 1.29 is 0 Å². The molecule has 0 spiro atoms. The Morgan fingerprint density at radius 3 is 2.93 bits per heavy atom. The lowest BCUT2D eigenvalue weighted by Gasteiger charge is -2.11. The average Bonchev–Trinajstić information content (AvgIpc) is 2.15. The Labute approximate surface area is 89.7 Å². The van der Waals surface area contributed by atoms with Gasteiger partial charge in [-0.1, -0.05) is 26.1 Å². The summed E-state index contributed by atoms with van der Waals surface area (Å²) < 4.78 is 0. The summed E-state index contributed by atoms with van der Waals surface area (Å²) in [7, 11) is 0. The third-order valence-electron chi connectivity index (χ3n) is 1.79. The standard InChI is InChI=1S/C10H15N3S/c1-7(2)5-13-9-3-4-12-6-8(9)10(11)14/h3-4,6-7H,5H2,1-2H3,(H2,11,14)(H,12,13). The second kappa shape index (κ2) is 4.91. The van der Waals surface area contributed by atoms with E-state index >= 15 is 0 Å². The first-order chi connectivity index (χ1) is 6.61. The molecule has 3 nitrogen and oxygen atoms in total. The van der Waals surface area contributed by atoms with Crippen LogP contribution in [0.25, 0.3) is 0 Å². The monoisotopic (exact) mass is 209 g/mol. The molecular formula is C10H15N3S. The van der Waals surface area contributed by atoms with E-state index in [-0.39, 0.29) is 0 Å². The van der Waals surface area contributed by atoms with Crippen molar-refractivity contribution in [2.24, 2.45) is 11.7 Å². The molecule has 0 saturated heterocycles. The van der Waals surface area contributed by atoms with Gasteiger partial charge in [0, 0.05) is 24.6 Å². The van der Waals surface area contributed by atoms with Gasteiger partial charge < -0.3 is 11.1 Å². The number of rotatable bonds is 4. The second-order valence-electron chi connectivity index (χ2n) is 3.56. The van der Waals surface area contributed by atoms with E-state index in [0.717, 1.165) is 17.8 Å². The van der Waals surface area contributed by atoms with Gasteiger partial charge in [0.1, 0.15) is 4.99 Å². The van der Waals surface area contributed by atoms with Crippen LogP contribution in [0.3, 0.4) is 0 Å². The highest BCUT2D eigenvalue weighted by Crippen LogP contribution is 2.13. The maximum absolute atomic E-state index is 5.57. The number of pyridine rings is 1. The first-order valence-corrected chi connectivity index (χ1v) is 4.99. The highest BCUT2D eigenvalue weighted by molar-refractivity contribution is 7.80. The first kappa shape index (κ1) is 10.9. The lowest BCUT2D eigenvalue weighted by atomic mass is 10.2. The molecule has 0 aliphatic heterocycles. The summed E-state index contributed by atoms with van der Waals surface area (Å²) in [4.78, 5) is 4.37. The van der Waals surface area contributed by atoms with E-state index in [4.69, 9.17) is 18.0 Å². The lowest BCUT2D eigenvalue weighted by molar-refractivity contribution is 0.689. The largest absolute Gasteiger partial charge is 0.389 e. The number of nitrogens with zero attached hydrogens (tertiary/aromatic N) is 1. The third-order valence-corrected chi connectivity index (χ3v) is 2.01. The van der Waals surface area contributed by atoms with Crippen LogP contribution in [0.5, 0.6) is 0 Å². The maximum atomic E-state index is 5.57. The number of nitrogens with two attached hydrogens (primary N) is 1. The smallest absolute Gasteiger partial charge is 0.107 e. The Morgan fingerprint density at radius 2 is 2.36 bits per heavy atom. The van der Waals surface area contributed by atoms with Crippen molar-refractivity contribution in [3.05, 3.63) is 24.0 Å². The summed E-state index contributed by atoms with van der Waals surface area (Å²) in [5.74, 6) is 0.586. The summed E-state index contributed by atoms with van der Waals surface area (Å²) in [6.45, 7) is 5.20. The number of anilines is 1. The maximum Gasteiger partial charge on any atom is 0.107 e. The highest BCUT2D eigenvalue weighted by atomic mass is 32.1. The minimum atomic E-state index is 0.379. The Bertz CT molecular complexity index is 323. The lowest BCUT2D eigenvalue weighted by Crippen LogP contribution is -2.15. The molecule has 0 atom stereocenters. The fraction of sp³-hybridized carbons (Fsp3) is 0.400. The molecule has 0 fully saturated rings. The van der Waals surface area contributed by atoms with Crippen molar-refractivity contribution in [3.63, 3.8) is 0 Å². The van der Waals surface area contributed by atoms with Crippen molar-refractivity contribution in [2.75, 3.05) is 11.9 Å². The molecule has 1 heterocycles. The van der Waals surface area contributed by atoms with Crippen molar-refractivity contribution in [1.29, 1.82) is 0 Å². The molecular weight excluding hydrogens is 194 g/mol. The van der Waals surface area contributed by atoms with Gasteiger partial charge >= 0.3 is 0 Å². The van der Waals surface area contributed by atoms with E-state index < -0.39 is 0 Å². The van der Waals surface area contributed by atoms with Gasteiger partial charge in [-0.3, -0.25) is 4.98 Å². The minimum Gasteiger partial charge on any atom is -0.389 e. The summed E-state index contributed by atoms with van der Waals surface area (Å²) in [5.41, 5.74) is 7.34. The molecule has 1 rings (SSSR count). The summed E-state index contributed by atoms with van der Waals surface area (Å²) in [6, 6.07) is 1.89. The number of aromatic nitrogens is 1. The van der Waals surface area contributed by atoms with E-state index in [1.54, 1.807) is 12.4 Å². The Morgan fingerprint density at radius 1 is 1.64 bits per heavy atom. The predicted molar refractivity (Wildman–Crippen MR) is 63.5 cm³/mol. The fourth-order valence-electron chi connectivity index (χ4n) is 1.06. The summed E-state index contributed by atoms with van der Waals surface area (Å²) >= 11 is 4.93. The van der Waals surface area contributed by atoms with Gasteiger partial charge in [-0.15, -0.1) is 0 Å². The summed E-state index contributed by atoms with van der Waals surface area (Å²) in [5, 5.41) is 3.29. The van der Waals surface area contributed by atoms with Crippen molar-refractivity contribution in [1.82, 2.24) is 4.98 Å². The van der Waals surface area contributed by atoms with Gasteiger partial charge in [-0.2, -0.15) is 0 Å². The minimum absolute atomic E-state index is 0.379. The molecule has 3 N–H and O–H groups in total. The molecule has 0 bridgehead atoms. The van der Waals surface area contributed by atoms with Crippen LogP contribution in [0, 0.1) is 5.92 Å². The topological polar surface area (TPSA) is 50.9 Å². The molecule has 14 heavy (non-hydrogen) atoms. The van der Waals surface area contributed by atoms with Crippen LogP contribution in [0.15, 0.2) is 18.5 Å². The zero-order chi connectivity index (χ0) is 10.6. The van der Waals surface area contributed by atoms with Crippen molar-refractivity contribution >= 4 is 22.9 Å². The van der Waals surface area contributed by atoms with E-state index in [2.05, 4.69) is 24.1 Å². The van der Waals surface area contributed by atoms with Crippen LogP contribution >= 0.6 is 12.2 Å². The van der Waals surface area contributed by atoms with Crippen LogP contribution in [-0.2, 0) is 0 Å². The SMILES string of the molecule is CC(C)CNc1ccncc1C(N)=S. The average molecular weight is 209 g/mol. The van der Waals surface area contributed by atoms with Crippen LogP contribution in [-0.4, -0.2) is 16.5 Å². The van der Waals surface area contributed by atoms with Crippen LogP contribution < -0.4 is 11.1 Å². The Hall–Kier alpha value is -1.16. The molecule has 0 unspecified atom stereocenters. The quantitative estimate of drug-likeness (QED) is 0.742. The van der Waals surface area contributed by atoms with Gasteiger partial charge in [0.15, 0.2) is 0 Å². The van der Waals surface area contributed by atoms with Crippen LogP contribution in [0.2, 0.25) is 0 Å². The highest BCUT2D eigenvalue weighted by Gasteiger charge is 2.04. The molecule has 0 aromatic carbocycles. The molecule has 0 aliphatic carbocycles. The Kier molecular flexibility index (Phi) is 3.83. The molecule has 0 amide bonds. The van der Waals surface area contributed by atoms with E-state index in [1.807, 2.05) is 6.07 Å². The zero-order valence-electron chi connectivity index (χ0n) is 8.45. The second-order valence-corrected chi connectivity index (χ2v) is 4.00. The van der Waals surface area contributed by atoms with E-state index in [9.17, 15) is 0 Å². The van der Waals surface area contributed by atoms with Gasteiger partial charge in [0.2, 0.25) is 0 Å². The number of hydrogen-bond acceptors (Lipinski definition) is 3. The van der Waals surface area contributed by atoms with Gasteiger partial charge in [0.25, 0.3) is 0 Å². The molecule has 4 heteroatoms. The fourth-order valence-corrected chi connectivity index (χ4v) is 1.22. The molecule has 76 valence electrons. The van der Waals surface area contributed by atoms with Gasteiger partial charge in [-0.05, 0) is 12.0 Å². The first-order valence-electron chi connectivity index (χ1n) is 4.59. The zero-order valence-corrected chi connectivity index (χ0v) is 9.27. The van der Waals surface area contributed by atoms with E-state index in [0.29, 0.717) is 10.9 Å². The van der Waals surface area contributed by atoms with Crippen LogP contribution in [0.1, 0.15) is 19.4 Å².